The molecule has 0 spiro atoms. The number of para-hydroxylation sites is 4. The highest BCUT2D eigenvalue weighted by Crippen LogP contribution is 2.62. The van der Waals surface area contributed by atoms with Gasteiger partial charge in [-0.25, -0.2) is 0 Å². The van der Waals surface area contributed by atoms with Gasteiger partial charge in [0.15, 0.2) is 0 Å². The number of rotatable bonds is 3. The van der Waals surface area contributed by atoms with Gasteiger partial charge in [0.05, 0.1) is 15.8 Å². The fourth-order valence-corrected chi connectivity index (χ4v) is 12.1. The summed E-state index contributed by atoms with van der Waals surface area (Å²) in [5.74, 6) is 0. The Kier molecular flexibility index (Phi) is 5.43. The van der Waals surface area contributed by atoms with Crippen LogP contribution in [0.4, 0.5) is 28.4 Å². The molecule has 4 aliphatic rings. The van der Waals surface area contributed by atoms with Crippen molar-refractivity contribution >= 4 is 88.8 Å². The lowest BCUT2D eigenvalue weighted by molar-refractivity contribution is 0.195. The van der Waals surface area contributed by atoms with E-state index in [0.29, 0.717) is 0 Å². The molecule has 51 heavy (non-hydrogen) atoms. The average Bonchev–Trinajstić information content (AvgIpc) is 3.77. The van der Waals surface area contributed by atoms with E-state index < -0.39 is 0 Å². The zero-order valence-electron chi connectivity index (χ0n) is 28.9. The van der Waals surface area contributed by atoms with E-state index >= 15 is 0 Å². The highest BCUT2D eigenvalue weighted by atomic mass is 32.1. The van der Waals surface area contributed by atoms with E-state index in [9.17, 15) is 0 Å². The number of anilines is 5. The van der Waals surface area contributed by atoms with E-state index in [1.807, 2.05) is 11.3 Å². The standard InChI is InChI=1S/C46H36BN3S/c1-45-25-11-12-26-46(45,2)49-38-28-31(48(29-15-5-3-6-16-29)30-17-7-4-8-18-30)27-35-32-20-13-21-34-41(32)50(42-33-19-9-10-24-39(33)51-44(34)42)47(40(35)38)37-23-14-22-36(45)43(37)49/h3-10,13-24,27-28H,11-12,25-26H2,1-2H3. The summed E-state index contributed by atoms with van der Waals surface area (Å²) >= 11 is 1.95. The summed E-state index contributed by atoms with van der Waals surface area (Å²) in [6.45, 7) is 5.24. The highest BCUT2D eigenvalue weighted by molar-refractivity contribution is 7.27. The number of aromatic nitrogens is 1. The molecule has 1 fully saturated rings. The lowest BCUT2D eigenvalue weighted by atomic mass is 9.45. The first-order valence-corrected chi connectivity index (χ1v) is 19.3. The quantitative estimate of drug-likeness (QED) is 0.173. The van der Waals surface area contributed by atoms with Crippen LogP contribution in [-0.2, 0) is 5.41 Å². The summed E-state index contributed by atoms with van der Waals surface area (Å²) in [7, 11) is 0. The number of hydrogen-bond donors (Lipinski definition) is 0. The van der Waals surface area contributed by atoms with Crippen molar-refractivity contribution in [3.05, 3.63) is 139 Å². The molecule has 3 aliphatic heterocycles. The fraction of sp³-hybridized carbons (Fsp3) is 0.174. The molecule has 2 aromatic heterocycles. The summed E-state index contributed by atoms with van der Waals surface area (Å²) in [6, 6.07) is 50.3. The van der Waals surface area contributed by atoms with Crippen molar-refractivity contribution < 1.29 is 0 Å². The number of fused-ring (bicyclic) bond motifs is 12. The van der Waals surface area contributed by atoms with Crippen LogP contribution in [0.1, 0.15) is 45.1 Å². The second-order valence-electron chi connectivity index (χ2n) is 15.6. The minimum atomic E-state index is -0.0290. The van der Waals surface area contributed by atoms with E-state index in [-0.39, 0.29) is 17.8 Å². The number of benzene rings is 6. The van der Waals surface area contributed by atoms with Gasteiger partial charge in [0, 0.05) is 60.4 Å². The van der Waals surface area contributed by atoms with Gasteiger partial charge < -0.3 is 14.3 Å². The van der Waals surface area contributed by atoms with Crippen LogP contribution in [0.5, 0.6) is 0 Å². The van der Waals surface area contributed by atoms with Crippen molar-refractivity contribution in [2.45, 2.75) is 50.5 Å². The number of hydrogen-bond acceptors (Lipinski definition) is 3. The number of thiophene rings is 1. The molecule has 1 saturated carbocycles. The monoisotopic (exact) mass is 673 g/mol. The van der Waals surface area contributed by atoms with Crippen LogP contribution in [0.3, 0.4) is 0 Å². The maximum atomic E-state index is 2.85. The maximum Gasteiger partial charge on any atom is 0.333 e. The normalized spacial score (nSPS) is 20.9. The Morgan fingerprint density at radius 3 is 2.16 bits per heavy atom. The molecule has 12 rings (SSSR count). The van der Waals surface area contributed by atoms with E-state index in [4.69, 9.17) is 0 Å². The Bertz CT molecular complexity index is 2730. The third-order valence-electron chi connectivity index (χ3n) is 13.3. The van der Waals surface area contributed by atoms with Crippen LogP contribution in [0.15, 0.2) is 133 Å². The zero-order valence-corrected chi connectivity index (χ0v) is 29.7. The van der Waals surface area contributed by atoms with Gasteiger partial charge in [-0.2, -0.15) is 0 Å². The highest BCUT2D eigenvalue weighted by Gasteiger charge is 2.61. The van der Waals surface area contributed by atoms with Crippen molar-refractivity contribution in [3.63, 3.8) is 0 Å². The lowest BCUT2D eigenvalue weighted by Gasteiger charge is -2.52. The average molecular weight is 674 g/mol. The molecule has 0 saturated heterocycles. The van der Waals surface area contributed by atoms with Crippen molar-refractivity contribution in [1.82, 2.24) is 4.48 Å². The largest absolute Gasteiger partial charge is 0.374 e. The molecule has 5 heteroatoms. The Balaban J connectivity index is 1.26. The van der Waals surface area contributed by atoms with Crippen molar-refractivity contribution in [1.29, 1.82) is 0 Å². The Hall–Kier alpha value is -5.26. The molecule has 0 bridgehead atoms. The molecule has 244 valence electrons. The van der Waals surface area contributed by atoms with Crippen LogP contribution in [0, 0.1) is 0 Å². The number of nitrogens with zero attached hydrogens (tertiary/aromatic N) is 3. The zero-order chi connectivity index (χ0) is 33.6. The van der Waals surface area contributed by atoms with Gasteiger partial charge in [0.2, 0.25) is 0 Å². The van der Waals surface area contributed by atoms with E-state index in [0.717, 1.165) is 0 Å². The predicted octanol–water partition coefficient (Wildman–Crippen LogP) is 11.2. The SMILES string of the molecule is CC12CCCCC1(C)N1c3cc(N(c4ccccc4)c4ccccc4)cc4c3B(c3cccc2c31)n1c2c-4cccc2c2sc3ccccc3c21. The summed E-state index contributed by atoms with van der Waals surface area (Å²) < 4.78 is 5.53. The Labute approximate surface area is 302 Å². The van der Waals surface area contributed by atoms with E-state index in [2.05, 4.69) is 162 Å². The van der Waals surface area contributed by atoms with Gasteiger partial charge in [-0.05, 0) is 84.3 Å². The maximum absolute atomic E-state index is 2.85. The molecule has 2 unspecified atom stereocenters. The van der Waals surface area contributed by atoms with Gasteiger partial charge in [0.1, 0.15) is 0 Å². The minimum absolute atomic E-state index is 0.0290. The smallest absolute Gasteiger partial charge is 0.333 e. The molecular formula is C46H36BN3S. The third-order valence-corrected chi connectivity index (χ3v) is 14.5. The fourth-order valence-electron chi connectivity index (χ4n) is 10.9. The molecule has 2 atom stereocenters. The van der Waals surface area contributed by atoms with Gasteiger partial charge >= 0.3 is 6.85 Å². The molecule has 0 N–H and O–H groups in total. The Morgan fingerprint density at radius 2 is 1.35 bits per heavy atom. The molecule has 0 amide bonds. The summed E-state index contributed by atoms with van der Waals surface area (Å²) in [5.41, 5.74) is 16.3. The summed E-state index contributed by atoms with van der Waals surface area (Å²) in [4.78, 5) is 5.31. The molecule has 3 nitrogen and oxygen atoms in total. The predicted molar refractivity (Wildman–Crippen MR) is 218 cm³/mol. The van der Waals surface area contributed by atoms with Crippen molar-refractivity contribution in [2.75, 3.05) is 9.80 Å². The van der Waals surface area contributed by atoms with Gasteiger partial charge in [-0.3, -0.25) is 0 Å². The second-order valence-corrected chi connectivity index (χ2v) is 16.6. The van der Waals surface area contributed by atoms with Crippen molar-refractivity contribution in [3.8, 4) is 11.1 Å². The topological polar surface area (TPSA) is 11.4 Å². The van der Waals surface area contributed by atoms with Gasteiger partial charge in [-0.1, -0.05) is 111 Å². The third kappa shape index (κ3) is 3.37. The van der Waals surface area contributed by atoms with E-state index in [1.54, 1.807) is 0 Å². The minimum Gasteiger partial charge on any atom is -0.374 e. The van der Waals surface area contributed by atoms with Gasteiger partial charge in [0.25, 0.3) is 0 Å². The van der Waals surface area contributed by atoms with Crippen LogP contribution in [0.2, 0.25) is 0 Å². The molecule has 1 aliphatic carbocycles. The van der Waals surface area contributed by atoms with E-state index in [1.165, 1.54) is 113 Å². The van der Waals surface area contributed by atoms with Crippen LogP contribution in [-0.4, -0.2) is 16.9 Å². The molecule has 0 radical (unpaired) electrons. The molecule has 5 heterocycles. The van der Waals surface area contributed by atoms with Crippen molar-refractivity contribution in [2.24, 2.45) is 0 Å². The first-order chi connectivity index (χ1) is 25.1. The first-order valence-electron chi connectivity index (χ1n) is 18.5. The summed E-state index contributed by atoms with van der Waals surface area (Å²) in [5, 5.41) is 2.73. The second kappa shape index (κ2) is 9.74. The van der Waals surface area contributed by atoms with Crippen LogP contribution < -0.4 is 20.7 Å². The molecule has 6 aromatic carbocycles. The summed E-state index contributed by atoms with van der Waals surface area (Å²) in [6.07, 6.45) is 4.95. The lowest BCUT2D eigenvalue weighted by Crippen LogP contribution is -2.61. The van der Waals surface area contributed by atoms with Crippen LogP contribution in [0.25, 0.3) is 42.3 Å². The van der Waals surface area contributed by atoms with Crippen LogP contribution >= 0.6 is 11.3 Å². The Morgan fingerprint density at radius 1 is 0.647 bits per heavy atom. The molecule has 8 aromatic rings. The molecular weight excluding hydrogens is 637 g/mol. The van der Waals surface area contributed by atoms with Gasteiger partial charge in [-0.15, -0.1) is 11.3 Å². The first kappa shape index (κ1) is 28.4.